The lowest BCUT2D eigenvalue weighted by Gasteiger charge is -2.32. The number of nitrogens with one attached hydrogen (secondary N) is 1. The van der Waals surface area contributed by atoms with Crippen LogP contribution in [0, 0.1) is 12.8 Å². The molecular formula is C20H30N2O3. The molecule has 0 aliphatic carbocycles. The molecule has 1 heterocycles. The summed E-state index contributed by atoms with van der Waals surface area (Å²) >= 11 is 0. The summed E-state index contributed by atoms with van der Waals surface area (Å²) in [5.74, 6) is 0.816. The number of likely N-dealkylation sites (tertiary alicyclic amines) is 1. The highest BCUT2D eigenvalue weighted by Crippen LogP contribution is 2.23. The number of nitrogens with zero attached hydrogens (tertiary/aromatic N) is 1. The molecule has 0 saturated carbocycles. The van der Waals surface area contributed by atoms with Crippen molar-refractivity contribution in [3.05, 3.63) is 35.4 Å². The van der Waals surface area contributed by atoms with Crippen molar-refractivity contribution < 1.29 is 14.3 Å². The molecular weight excluding hydrogens is 316 g/mol. The third-order valence-corrected chi connectivity index (χ3v) is 4.81. The van der Waals surface area contributed by atoms with Crippen molar-refractivity contribution in [1.29, 1.82) is 0 Å². The number of aryl methyl sites for hydroxylation is 2. The van der Waals surface area contributed by atoms with Crippen molar-refractivity contribution in [1.82, 2.24) is 10.2 Å². The number of amides is 2. The van der Waals surface area contributed by atoms with E-state index in [4.69, 9.17) is 4.74 Å². The molecule has 1 fully saturated rings. The largest absolute Gasteiger partial charge is 0.450 e. The Balaban J connectivity index is 1.62. The van der Waals surface area contributed by atoms with Gasteiger partial charge in [-0.05, 0) is 51.0 Å². The molecule has 138 valence electrons. The Bertz CT molecular complexity index is 549. The van der Waals surface area contributed by atoms with E-state index in [0.29, 0.717) is 25.5 Å². The second kappa shape index (κ2) is 10.1. The molecule has 2 amide bonds. The zero-order chi connectivity index (χ0) is 18.1. The lowest BCUT2D eigenvalue weighted by molar-refractivity contribution is -0.132. The van der Waals surface area contributed by atoms with E-state index >= 15 is 0 Å². The van der Waals surface area contributed by atoms with Crippen LogP contribution in [0.3, 0.4) is 0 Å². The molecule has 0 unspecified atom stereocenters. The number of rotatable bonds is 7. The predicted molar refractivity (Wildman–Crippen MR) is 98.4 cm³/mol. The maximum absolute atomic E-state index is 12.2. The Hall–Kier alpha value is -2.04. The summed E-state index contributed by atoms with van der Waals surface area (Å²) in [6.45, 7) is 6.21. The van der Waals surface area contributed by atoms with Crippen molar-refractivity contribution in [2.24, 2.45) is 5.92 Å². The van der Waals surface area contributed by atoms with Gasteiger partial charge in [-0.1, -0.05) is 29.8 Å². The maximum Gasteiger partial charge on any atom is 0.407 e. The average molecular weight is 346 g/mol. The van der Waals surface area contributed by atoms with Crippen LogP contribution in [0.2, 0.25) is 0 Å². The normalized spacial score (nSPS) is 15.0. The summed E-state index contributed by atoms with van der Waals surface area (Å²) in [7, 11) is 0. The van der Waals surface area contributed by atoms with E-state index in [1.807, 2.05) is 4.90 Å². The van der Waals surface area contributed by atoms with Crippen molar-refractivity contribution in [3.63, 3.8) is 0 Å². The fraction of sp³-hybridized carbons (Fsp3) is 0.600. The first-order valence-electron chi connectivity index (χ1n) is 9.32. The minimum Gasteiger partial charge on any atom is -0.450 e. The quantitative estimate of drug-likeness (QED) is 0.824. The van der Waals surface area contributed by atoms with Crippen LogP contribution in [0.4, 0.5) is 4.79 Å². The van der Waals surface area contributed by atoms with Gasteiger partial charge in [-0.25, -0.2) is 4.79 Å². The van der Waals surface area contributed by atoms with Gasteiger partial charge < -0.3 is 15.0 Å². The molecule has 0 aromatic heterocycles. The van der Waals surface area contributed by atoms with Gasteiger partial charge in [0.25, 0.3) is 0 Å². The molecule has 1 aliphatic heterocycles. The van der Waals surface area contributed by atoms with Gasteiger partial charge in [0, 0.05) is 26.1 Å². The summed E-state index contributed by atoms with van der Waals surface area (Å²) in [4.78, 5) is 25.3. The number of benzene rings is 1. The Morgan fingerprint density at radius 1 is 1.20 bits per heavy atom. The van der Waals surface area contributed by atoms with Crippen LogP contribution in [0.15, 0.2) is 24.3 Å². The number of hydrogen-bond acceptors (Lipinski definition) is 3. The molecule has 1 saturated heterocycles. The SMILES string of the molecule is CCOC(=O)NCCC(=O)N1CCC(CCc2ccc(C)cc2)CC1. The zero-order valence-electron chi connectivity index (χ0n) is 15.4. The van der Waals surface area contributed by atoms with Gasteiger partial charge in [-0.2, -0.15) is 0 Å². The number of piperidine rings is 1. The molecule has 1 aromatic rings. The number of ether oxygens (including phenoxy) is 1. The molecule has 5 heteroatoms. The molecule has 1 aliphatic rings. The number of alkyl carbamates (subject to hydrolysis) is 1. The van der Waals surface area contributed by atoms with Crippen LogP contribution in [0.25, 0.3) is 0 Å². The Kier molecular flexibility index (Phi) is 7.76. The van der Waals surface area contributed by atoms with Gasteiger partial charge in [0.2, 0.25) is 5.91 Å². The second-order valence-electron chi connectivity index (χ2n) is 6.75. The smallest absolute Gasteiger partial charge is 0.407 e. The summed E-state index contributed by atoms with van der Waals surface area (Å²) in [5, 5.41) is 2.60. The summed E-state index contributed by atoms with van der Waals surface area (Å²) < 4.78 is 4.78. The van der Waals surface area contributed by atoms with Gasteiger partial charge in [-0.3, -0.25) is 4.79 Å². The van der Waals surface area contributed by atoms with Crippen LogP contribution in [-0.2, 0) is 16.0 Å². The van der Waals surface area contributed by atoms with Gasteiger partial charge in [0.15, 0.2) is 0 Å². The molecule has 25 heavy (non-hydrogen) atoms. The predicted octanol–water partition coefficient (Wildman–Crippen LogP) is 3.30. The van der Waals surface area contributed by atoms with E-state index in [2.05, 4.69) is 36.5 Å². The van der Waals surface area contributed by atoms with E-state index < -0.39 is 6.09 Å². The highest BCUT2D eigenvalue weighted by atomic mass is 16.5. The standard InChI is InChI=1S/C20H30N2O3/c1-3-25-20(24)21-13-10-19(23)22-14-11-18(12-15-22)9-8-17-6-4-16(2)5-7-17/h4-7,18H,3,8-15H2,1-2H3,(H,21,24). The summed E-state index contributed by atoms with van der Waals surface area (Å²) in [6, 6.07) is 8.76. The molecule has 0 bridgehead atoms. The van der Waals surface area contributed by atoms with Crippen molar-refractivity contribution >= 4 is 12.0 Å². The van der Waals surface area contributed by atoms with E-state index in [0.717, 1.165) is 32.4 Å². The third kappa shape index (κ3) is 6.77. The maximum atomic E-state index is 12.2. The van der Waals surface area contributed by atoms with Crippen LogP contribution < -0.4 is 5.32 Å². The molecule has 0 atom stereocenters. The zero-order valence-corrected chi connectivity index (χ0v) is 15.4. The Morgan fingerprint density at radius 2 is 1.88 bits per heavy atom. The van der Waals surface area contributed by atoms with E-state index in [-0.39, 0.29) is 5.91 Å². The van der Waals surface area contributed by atoms with Gasteiger partial charge in [0.1, 0.15) is 0 Å². The molecule has 1 N–H and O–H groups in total. The average Bonchev–Trinajstić information content (AvgIpc) is 2.62. The molecule has 0 spiro atoms. The van der Waals surface area contributed by atoms with E-state index in [1.165, 1.54) is 17.5 Å². The Morgan fingerprint density at radius 3 is 2.52 bits per heavy atom. The van der Waals surface area contributed by atoms with Crippen molar-refractivity contribution in [3.8, 4) is 0 Å². The fourth-order valence-electron chi connectivity index (χ4n) is 3.21. The van der Waals surface area contributed by atoms with Gasteiger partial charge in [-0.15, -0.1) is 0 Å². The Labute approximate surface area is 150 Å². The van der Waals surface area contributed by atoms with Crippen LogP contribution in [0.5, 0.6) is 0 Å². The van der Waals surface area contributed by atoms with Gasteiger partial charge in [0.05, 0.1) is 6.61 Å². The molecule has 2 rings (SSSR count). The molecule has 0 radical (unpaired) electrons. The fourth-order valence-corrected chi connectivity index (χ4v) is 3.21. The third-order valence-electron chi connectivity index (χ3n) is 4.81. The van der Waals surface area contributed by atoms with E-state index in [1.54, 1.807) is 6.92 Å². The highest BCUT2D eigenvalue weighted by Gasteiger charge is 2.22. The van der Waals surface area contributed by atoms with E-state index in [9.17, 15) is 9.59 Å². The van der Waals surface area contributed by atoms with Crippen LogP contribution in [-0.4, -0.2) is 43.1 Å². The van der Waals surface area contributed by atoms with Crippen molar-refractivity contribution in [2.75, 3.05) is 26.2 Å². The first-order valence-corrected chi connectivity index (χ1v) is 9.32. The second-order valence-corrected chi connectivity index (χ2v) is 6.75. The monoisotopic (exact) mass is 346 g/mol. The molecule has 1 aromatic carbocycles. The van der Waals surface area contributed by atoms with Crippen LogP contribution in [0.1, 0.15) is 43.7 Å². The highest BCUT2D eigenvalue weighted by molar-refractivity contribution is 5.77. The number of carbonyl (C=O) groups is 2. The van der Waals surface area contributed by atoms with Crippen molar-refractivity contribution in [2.45, 2.75) is 46.0 Å². The summed E-state index contributed by atoms with van der Waals surface area (Å²) in [5.41, 5.74) is 2.70. The number of carbonyl (C=O) groups excluding carboxylic acids is 2. The first-order chi connectivity index (χ1) is 12.1. The minimum absolute atomic E-state index is 0.119. The summed E-state index contributed by atoms with van der Waals surface area (Å²) in [6.07, 6.45) is 4.33. The number of hydrogen-bond donors (Lipinski definition) is 1. The van der Waals surface area contributed by atoms with Gasteiger partial charge >= 0.3 is 6.09 Å². The molecule has 5 nitrogen and oxygen atoms in total. The first kappa shape index (κ1) is 19.3. The minimum atomic E-state index is -0.454. The topological polar surface area (TPSA) is 58.6 Å². The lowest BCUT2D eigenvalue weighted by atomic mass is 9.90. The lowest BCUT2D eigenvalue weighted by Crippen LogP contribution is -2.40. The van der Waals surface area contributed by atoms with Crippen LogP contribution >= 0.6 is 0 Å².